The molecule has 0 N–H and O–H groups in total. The Hall–Kier alpha value is -2.89. The lowest BCUT2D eigenvalue weighted by atomic mass is 9.96. The van der Waals surface area contributed by atoms with Crippen LogP contribution in [0.5, 0.6) is 0 Å². The number of aromatic nitrogens is 2. The van der Waals surface area contributed by atoms with Gasteiger partial charge in [-0.25, -0.2) is 4.79 Å². The second-order valence-corrected chi connectivity index (χ2v) is 6.44. The second-order valence-electron chi connectivity index (χ2n) is 6.44. The zero-order valence-corrected chi connectivity index (χ0v) is 14.0. The van der Waals surface area contributed by atoms with Crippen LogP contribution in [0.25, 0.3) is 11.0 Å². The van der Waals surface area contributed by atoms with Crippen molar-refractivity contribution in [3.05, 3.63) is 64.3 Å². The zero-order valence-electron chi connectivity index (χ0n) is 14.0. The van der Waals surface area contributed by atoms with Gasteiger partial charge in [-0.15, -0.1) is 0 Å². The minimum Gasteiger partial charge on any atom is -0.422 e. The predicted octanol–water partition coefficient (Wildman–Crippen LogP) is 2.89. The van der Waals surface area contributed by atoms with Gasteiger partial charge in [-0.1, -0.05) is 18.2 Å². The third-order valence-corrected chi connectivity index (χ3v) is 4.75. The molecule has 3 heterocycles. The van der Waals surface area contributed by atoms with Gasteiger partial charge in [0, 0.05) is 30.7 Å². The van der Waals surface area contributed by atoms with Crippen LogP contribution in [0.3, 0.4) is 0 Å². The lowest BCUT2D eigenvalue weighted by Gasteiger charge is -2.35. The maximum atomic E-state index is 13.1. The molecule has 0 radical (unpaired) electrons. The van der Waals surface area contributed by atoms with E-state index in [1.165, 1.54) is 0 Å². The van der Waals surface area contributed by atoms with Crippen LogP contribution in [0.1, 0.15) is 41.2 Å². The van der Waals surface area contributed by atoms with E-state index in [1.54, 1.807) is 34.0 Å². The number of hydrogen-bond donors (Lipinski definition) is 0. The normalized spacial score (nSPS) is 17.8. The van der Waals surface area contributed by atoms with Crippen molar-refractivity contribution in [2.24, 2.45) is 7.05 Å². The van der Waals surface area contributed by atoms with E-state index in [4.69, 9.17) is 4.42 Å². The minimum atomic E-state index is -0.584. The van der Waals surface area contributed by atoms with Crippen molar-refractivity contribution >= 4 is 16.9 Å². The molecule has 0 spiro atoms. The maximum Gasteiger partial charge on any atom is 0.349 e. The summed E-state index contributed by atoms with van der Waals surface area (Å²) < 4.78 is 7.06. The Balaban J connectivity index is 1.73. The van der Waals surface area contributed by atoms with Crippen LogP contribution in [0, 0.1) is 0 Å². The highest BCUT2D eigenvalue weighted by molar-refractivity contribution is 5.96. The minimum absolute atomic E-state index is 0.0548. The Kier molecular flexibility index (Phi) is 3.87. The average Bonchev–Trinajstić information content (AvgIpc) is 3.07. The fourth-order valence-electron chi connectivity index (χ4n) is 3.50. The molecular formula is C19H19N3O3. The van der Waals surface area contributed by atoms with E-state index >= 15 is 0 Å². The molecule has 0 bridgehead atoms. The maximum absolute atomic E-state index is 13.1. The molecule has 1 aliphatic heterocycles. The molecule has 6 heteroatoms. The van der Waals surface area contributed by atoms with E-state index in [9.17, 15) is 9.59 Å². The molecule has 4 rings (SSSR count). The van der Waals surface area contributed by atoms with Crippen LogP contribution in [0.2, 0.25) is 0 Å². The van der Waals surface area contributed by atoms with E-state index in [2.05, 4.69) is 5.10 Å². The molecule has 1 aromatic carbocycles. The lowest BCUT2D eigenvalue weighted by Crippen LogP contribution is -2.40. The number of carbonyl (C=O) groups is 1. The molecule has 1 amide bonds. The Bertz CT molecular complexity index is 989. The van der Waals surface area contributed by atoms with Crippen LogP contribution < -0.4 is 5.63 Å². The fraction of sp³-hybridized carbons (Fsp3) is 0.316. The highest BCUT2D eigenvalue weighted by Crippen LogP contribution is 2.31. The van der Waals surface area contributed by atoms with Crippen LogP contribution in [0.4, 0.5) is 0 Å². The Morgan fingerprint density at radius 3 is 2.92 bits per heavy atom. The summed E-state index contributed by atoms with van der Waals surface area (Å²) in [4.78, 5) is 27.2. The van der Waals surface area contributed by atoms with Crippen molar-refractivity contribution in [3.63, 3.8) is 0 Å². The van der Waals surface area contributed by atoms with E-state index in [0.717, 1.165) is 30.2 Å². The zero-order chi connectivity index (χ0) is 17.4. The molecular weight excluding hydrogens is 318 g/mol. The quantitative estimate of drug-likeness (QED) is 0.674. The van der Waals surface area contributed by atoms with Crippen LogP contribution in [-0.4, -0.2) is 27.1 Å². The number of hydrogen-bond acceptors (Lipinski definition) is 4. The van der Waals surface area contributed by atoms with E-state index in [1.807, 2.05) is 25.4 Å². The van der Waals surface area contributed by atoms with Crippen molar-refractivity contribution in [1.82, 2.24) is 14.7 Å². The molecule has 1 atom stereocenters. The smallest absolute Gasteiger partial charge is 0.349 e. The first-order chi connectivity index (χ1) is 12.1. The highest BCUT2D eigenvalue weighted by Gasteiger charge is 2.31. The topological polar surface area (TPSA) is 68.3 Å². The standard InChI is InChI=1S/C19H19N3O3/c1-21-12-14(11-20-21)16-7-4-5-9-22(16)18(23)15-10-13-6-2-3-8-17(13)25-19(15)24/h2-3,6,8,10-12,16H,4-5,7,9H2,1H3/t16-/m1/s1. The molecule has 0 aliphatic carbocycles. The highest BCUT2D eigenvalue weighted by atomic mass is 16.4. The number of para-hydroxylation sites is 1. The van der Waals surface area contributed by atoms with Gasteiger partial charge < -0.3 is 9.32 Å². The number of nitrogens with zero attached hydrogens (tertiary/aromatic N) is 3. The van der Waals surface area contributed by atoms with Crippen molar-refractivity contribution in [2.45, 2.75) is 25.3 Å². The first-order valence-corrected chi connectivity index (χ1v) is 8.46. The van der Waals surface area contributed by atoms with Gasteiger partial charge in [0.25, 0.3) is 5.91 Å². The summed E-state index contributed by atoms with van der Waals surface area (Å²) in [6.45, 7) is 0.630. The molecule has 0 unspecified atom stereocenters. The molecule has 128 valence electrons. The second kappa shape index (κ2) is 6.20. The molecule has 1 aliphatic rings. The third-order valence-electron chi connectivity index (χ3n) is 4.75. The van der Waals surface area contributed by atoms with Crippen molar-refractivity contribution < 1.29 is 9.21 Å². The summed E-state index contributed by atoms with van der Waals surface area (Å²) in [5.74, 6) is -0.270. The largest absolute Gasteiger partial charge is 0.422 e. The van der Waals surface area contributed by atoms with Gasteiger partial charge >= 0.3 is 5.63 Å². The first-order valence-electron chi connectivity index (χ1n) is 8.46. The average molecular weight is 337 g/mol. The van der Waals surface area contributed by atoms with Crippen LogP contribution in [-0.2, 0) is 7.05 Å². The van der Waals surface area contributed by atoms with E-state index < -0.39 is 5.63 Å². The third kappa shape index (κ3) is 2.84. The molecule has 1 saturated heterocycles. The molecule has 1 fully saturated rings. The fourth-order valence-corrected chi connectivity index (χ4v) is 3.50. The molecule has 2 aromatic heterocycles. The number of piperidine rings is 1. The first kappa shape index (κ1) is 15.6. The Morgan fingerprint density at radius 2 is 2.12 bits per heavy atom. The number of aryl methyl sites for hydroxylation is 1. The van der Waals surface area contributed by atoms with Gasteiger partial charge in [0.1, 0.15) is 11.1 Å². The summed E-state index contributed by atoms with van der Waals surface area (Å²) in [5, 5.41) is 4.97. The summed E-state index contributed by atoms with van der Waals surface area (Å²) in [6, 6.07) is 8.80. The number of fused-ring (bicyclic) bond motifs is 1. The lowest BCUT2D eigenvalue weighted by molar-refractivity contribution is 0.0607. The Morgan fingerprint density at radius 1 is 1.28 bits per heavy atom. The van der Waals surface area contributed by atoms with Crippen LogP contribution in [0.15, 0.2) is 51.9 Å². The van der Waals surface area contributed by atoms with Gasteiger partial charge in [-0.3, -0.25) is 9.48 Å². The predicted molar refractivity (Wildman–Crippen MR) is 93.3 cm³/mol. The van der Waals surface area contributed by atoms with E-state index in [0.29, 0.717) is 12.1 Å². The monoisotopic (exact) mass is 337 g/mol. The van der Waals surface area contributed by atoms with Crippen LogP contribution >= 0.6 is 0 Å². The van der Waals surface area contributed by atoms with Gasteiger partial charge in [-0.2, -0.15) is 5.10 Å². The summed E-state index contributed by atoms with van der Waals surface area (Å²) in [5.41, 5.74) is 1.00. The van der Waals surface area contributed by atoms with Gasteiger partial charge in [0.15, 0.2) is 0 Å². The summed E-state index contributed by atoms with van der Waals surface area (Å²) >= 11 is 0. The molecule has 3 aromatic rings. The van der Waals surface area contributed by atoms with Crippen molar-refractivity contribution in [2.75, 3.05) is 6.54 Å². The van der Waals surface area contributed by atoms with E-state index in [-0.39, 0.29) is 17.5 Å². The van der Waals surface area contributed by atoms with Gasteiger partial charge in [0.2, 0.25) is 0 Å². The molecule has 25 heavy (non-hydrogen) atoms. The number of amides is 1. The van der Waals surface area contributed by atoms with Crippen molar-refractivity contribution in [1.29, 1.82) is 0 Å². The Labute approximate surface area is 144 Å². The van der Waals surface area contributed by atoms with Gasteiger partial charge in [0.05, 0.1) is 12.2 Å². The summed E-state index contributed by atoms with van der Waals surface area (Å²) in [7, 11) is 1.86. The van der Waals surface area contributed by atoms with Gasteiger partial charge in [-0.05, 0) is 31.4 Å². The molecule has 0 saturated carbocycles. The number of rotatable bonds is 2. The molecule has 6 nitrogen and oxygen atoms in total. The number of carbonyl (C=O) groups excluding carboxylic acids is 1. The summed E-state index contributed by atoms with van der Waals surface area (Å²) in [6.07, 6.45) is 6.58. The number of likely N-dealkylation sites (tertiary alicyclic amines) is 1. The number of benzene rings is 1. The van der Waals surface area contributed by atoms with Crippen molar-refractivity contribution in [3.8, 4) is 0 Å². The SMILES string of the molecule is Cn1cc([C@H]2CCCCN2C(=O)c2cc3ccccc3oc2=O)cn1.